The van der Waals surface area contributed by atoms with Gasteiger partial charge in [-0.1, -0.05) is 29.3 Å². The van der Waals surface area contributed by atoms with Gasteiger partial charge in [-0.05, 0) is 26.0 Å². The monoisotopic (exact) mass is 207 g/mol. The summed E-state index contributed by atoms with van der Waals surface area (Å²) in [7, 11) is 0. The first-order valence-electron chi connectivity index (χ1n) is 4.33. The van der Waals surface area contributed by atoms with Crippen LogP contribution >= 0.6 is 11.6 Å². The molecule has 4 heteroatoms. The van der Waals surface area contributed by atoms with Crippen molar-refractivity contribution >= 4 is 11.6 Å². The van der Waals surface area contributed by atoms with Gasteiger partial charge in [0.1, 0.15) is 0 Å². The zero-order valence-electron chi connectivity index (χ0n) is 8.03. The van der Waals surface area contributed by atoms with Gasteiger partial charge in [0.2, 0.25) is 0 Å². The molecule has 0 bridgehead atoms. The van der Waals surface area contributed by atoms with Crippen molar-refractivity contribution in [2.75, 3.05) is 0 Å². The molecule has 0 N–H and O–H groups in total. The van der Waals surface area contributed by atoms with E-state index in [0.717, 1.165) is 11.4 Å². The Balaban J connectivity index is 2.44. The molecule has 0 aliphatic carbocycles. The average Bonchev–Trinajstić information content (AvgIpc) is 2.48. The van der Waals surface area contributed by atoms with Gasteiger partial charge in [0.15, 0.2) is 5.15 Å². The molecule has 1 aromatic heterocycles. The highest BCUT2D eigenvalue weighted by atomic mass is 35.5. The molecule has 0 aliphatic heterocycles. The number of hydrogen-bond donors (Lipinski definition) is 0. The molecule has 2 aromatic rings. The zero-order chi connectivity index (χ0) is 10.1. The van der Waals surface area contributed by atoms with Gasteiger partial charge in [-0.15, -0.1) is 9.90 Å². The molecule has 1 heterocycles. The molecular weight excluding hydrogens is 198 g/mol. The lowest BCUT2D eigenvalue weighted by Crippen LogP contribution is -1.98. The molecule has 0 atom stereocenters. The average molecular weight is 208 g/mol. The Bertz CT molecular complexity index is 425. The number of rotatable bonds is 1. The molecule has 1 aromatic carbocycles. The number of halogens is 1. The largest absolute Gasteiger partial charge is 0.174 e. The standard InChI is InChI=1S/C10H10ClN3/c1-7-3-5-9(6-4-7)14-12-8(2)10(11)13-14/h3-6H,1-2H3. The van der Waals surface area contributed by atoms with Crippen molar-refractivity contribution in [3.8, 4) is 5.69 Å². The van der Waals surface area contributed by atoms with Crippen molar-refractivity contribution in [2.45, 2.75) is 13.8 Å². The normalized spacial score (nSPS) is 10.5. The molecular formula is C10H10ClN3. The Hall–Kier alpha value is -1.35. The van der Waals surface area contributed by atoms with Crippen LogP contribution in [0.3, 0.4) is 0 Å². The van der Waals surface area contributed by atoms with Crippen LogP contribution < -0.4 is 0 Å². The molecule has 0 spiro atoms. The summed E-state index contributed by atoms with van der Waals surface area (Å²) in [5.41, 5.74) is 2.88. The minimum Gasteiger partial charge on any atom is -0.152 e. The maximum Gasteiger partial charge on any atom is 0.174 e. The highest BCUT2D eigenvalue weighted by Crippen LogP contribution is 2.12. The Morgan fingerprint density at radius 2 is 1.71 bits per heavy atom. The molecule has 3 nitrogen and oxygen atoms in total. The van der Waals surface area contributed by atoms with Gasteiger partial charge in [-0.3, -0.25) is 0 Å². The van der Waals surface area contributed by atoms with Crippen LogP contribution in [0.2, 0.25) is 5.15 Å². The first-order valence-corrected chi connectivity index (χ1v) is 4.71. The Morgan fingerprint density at radius 1 is 1.07 bits per heavy atom. The van der Waals surface area contributed by atoms with Crippen LogP contribution in [-0.4, -0.2) is 15.0 Å². The van der Waals surface area contributed by atoms with E-state index in [1.807, 2.05) is 38.1 Å². The minimum absolute atomic E-state index is 0.450. The van der Waals surface area contributed by atoms with Gasteiger partial charge >= 0.3 is 0 Å². The molecule has 0 saturated carbocycles. The third-order valence-corrected chi connectivity index (χ3v) is 2.34. The maximum atomic E-state index is 5.82. The van der Waals surface area contributed by atoms with Gasteiger partial charge in [-0.25, -0.2) is 0 Å². The van der Waals surface area contributed by atoms with E-state index in [2.05, 4.69) is 10.2 Å². The molecule has 2 rings (SSSR count). The van der Waals surface area contributed by atoms with E-state index >= 15 is 0 Å². The molecule has 0 saturated heterocycles. The van der Waals surface area contributed by atoms with Crippen LogP contribution in [-0.2, 0) is 0 Å². The zero-order valence-corrected chi connectivity index (χ0v) is 8.78. The molecule has 72 valence electrons. The van der Waals surface area contributed by atoms with E-state index in [1.165, 1.54) is 10.4 Å². The van der Waals surface area contributed by atoms with Crippen LogP contribution in [0.4, 0.5) is 0 Å². The van der Waals surface area contributed by atoms with Crippen molar-refractivity contribution in [3.63, 3.8) is 0 Å². The topological polar surface area (TPSA) is 30.7 Å². The van der Waals surface area contributed by atoms with Crippen LogP contribution in [0.5, 0.6) is 0 Å². The second-order valence-electron chi connectivity index (χ2n) is 3.20. The number of benzene rings is 1. The molecule has 0 fully saturated rings. The van der Waals surface area contributed by atoms with Crippen molar-refractivity contribution < 1.29 is 0 Å². The fraction of sp³-hybridized carbons (Fsp3) is 0.200. The first kappa shape index (κ1) is 9.21. The van der Waals surface area contributed by atoms with E-state index < -0.39 is 0 Å². The number of nitrogens with zero attached hydrogens (tertiary/aromatic N) is 3. The summed E-state index contributed by atoms with van der Waals surface area (Å²) in [6, 6.07) is 7.96. The third-order valence-electron chi connectivity index (χ3n) is 1.99. The van der Waals surface area contributed by atoms with Crippen molar-refractivity contribution in [3.05, 3.63) is 40.7 Å². The number of hydrogen-bond acceptors (Lipinski definition) is 2. The molecule has 0 radical (unpaired) electrons. The van der Waals surface area contributed by atoms with E-state index in [1.54, 1.807) is 0 Å². The Kier molecular flexibility index (Phi) is 2.25. The second kappa shape index (κ2) is 3.42. The molecule has 0 aliphatic rings. The van der Waals surface area contributed by atoms with Crippen molar-refractivity contribution in [2.24, 2.45) is 0 Å². The predicted molar refractivity (Wildman–Crippen MR) is 55.8 cm³/mol. The molecule has 14 heavy (non-hydrogen) atoms. The lowest BCUT2D eigenvalue weighted by atomic mass is 10.2. The second-order valence-corrected chi connectivity index (χ2v) is 3.56. The van der Waals surface area contributed by atoms with Crippen LogP contribution in [0, 0.1) is 13.8 Å². The minimum atomic E-state index is 0.450. The molecule has 0 amide bonds. The highest BCUT2D eigenvalue weighted by molar-refractivity contribution is 6.29. The Morgan fingerprint density at radius 3 is 2.21 bits per heavy atom. The van der Waals surface area contributed by atoms with Crippen LogP contribution in [0.15, 0.2) is 24.3 Å². The van der Waals surface area contributed by atoms with Gasteiger partial charge in [0.05, 0.1) is 11.4 Å². The fourth-order valence-electron chi connectivity index (χ4n) is 1.15. The smallest absolute Gasteiger partial charge is 0.152 e. The third kappa shape index (κ3) is 1.63. The summed E-state index contributed by atoms with van der Waals surface area (Å²) >= 11 is 5.82. The van der Waals surface area contributed by atoms with E-state index in [4.69, 9.17) is 11.6 Å². The first-order chi connectivity index (χ1) is 6.66. The van der Waals surface area contributed by atoms with Gasteiger partial charge in [0, 0.05) is 0 Å². The summed E-state index contributed by atoms with van der Waals surface area (Å²) in [6.45, 7) is 3.87. The van der Waals surface area contributed by atoms with E-state index in [0.29, 0.717) is 5.15 Å². The van der Waals surface area contributed by atoms with Gasteiger partial charge < -0.3 is 0 Å². The van der Waals surface area contributed by atoms with E-state index in [-0.39, 0.29) is 0 Å². The Labute approximate surface area is 87.3 Å². The molecule has 0 unspecified atom stereocenters. The van der Waals surface area contributed by atoms with Gasteiger partial charge in [0.25, 0.3) is 0 Å². The number of aryl methyl sites for hydroxylation is 2. The SMILES string of the molecule is Cc1ccc(-n2nc(C)c(Cl)n2)cc1. The van der Waals surface area contributed by atoms with Crippen molar-refractivity contribution in [1.82, 2.24) is 15.0 Å². The lowest BCUT2D eigenvalue weighted by molar-refractivity contribution is 0.746. The van der Waals surface area contributed by atoms with Gasteiger partial charge in [-0.2, -0.15) is 5.10 Å². The lowest BCUT2D eigenvalue weighted by Gasteiger charge is -1.98. The summed E-state index contributed by atoms with van der Waals surface area (Å²) in [4.78, 5) is 1.54. The maximum absolute atomic E-state index is 5.82. The fourth-order valence-corrected chi connectivity index (χ4v) is 1.26. The highest BCUT2D eigenvalue weighted by Gasteiger charge is 2.04. The summed E-state index contributed by atoms with van der Waals surface area (Å²) in [5.74, 6) is 0. The predicted octanol–water partition coefficient (Wildman–Crippen LogP) is 2.54. The number of aromatic nitrogens is 3. The summed E-state index contributed by atoms with van der Waals surface area (Å²) in [6.07, 6.45) is 0. The summed E-state index contributed by atoms with van der Waals surface area (Å²) in [5, 5.41) is 8.71. The quantitative estimate of drug-likeness (QED) is 0.720. The van der Waals surface area contributed by atoms with Crippen LogP contribution in [0.25, 0.3) is 5.69 Å². The van der Waals surface area contributed by atoms with E-state index in [9.17, 15) is 0 Å². The van der Waals surface area contributed by atoms with Crippen LogP contribution in [0.1, 0.15) is 11.3 Å². The van der Waals surface area contributed by atoms with Crippen molar-refractivity contribution in [1.29, 1.82) is 0 Å². The summed E-state index contributed by atoms with van der Waals surface area (Å²) < 4.78 is 0.